The SMILES string of the molecule is O=C(CCN1C(=S)N[C@@H](c2ccccn2)[C@H]1c1cccn1-c1ccccc1F)Nc1ccccc1. The van der Waals surface area contributed by atoms with E-state index >= 15 is 0 Å². The third-order valence-electron chi connectivity index (χ3n) is 6.03. The number of hydrogen-bond acceptors (Lipinski definition) is 3. The first kappa shape index (κ1) is 22.7. The van der Waals surface area contributed by atoms with Gasteiger partial charge in [0, 0.05) is 36.7 Å². The number of carbonyl (C=O) groups is 1. The molecule has 2 N–H and O–H groups in total. The molecule has 0 spiro atoms. The van der Waals surface area contributed by atoms with Gasteiger partial charge in [0.15, 0.2) is 5.11 Å². The Morgan fingerprint density at radius 1 is 1.00 bits per heavy atom. The fourth-order valence-corrected chi connectivity index (χ4v) is 4.77. The van der Waals surface area contributed by atoms with E-state index in [-0.39, 0.29) is 30.2 Å². The normalized spacial score (nSPS) is 17.3. The van der Waals surface area contributed by atoms with Crippen LogP contribution in [0.3, 0.4) is 0 Å². The molecule has 1 aliphatic rings. The van der Waals surface area contributed by atoms with E-state index < -0.39 is 0 Å². The molecule has 1 aliphatic heterocycles. The second-order valence-electron chi connectivity index (χ2n) is 8.24. The Balaban J connectivity index is 1.46. The van der Waals surface area contributed by atoms with Crippen LogP contribution in [0.2, 0.25) is 0 Å². The molecule has 0 bridgehead atoms. The van der Waals surface area contributed by atoms with Crippen LogP contribution in [-0.4, -0.2) is 32.0 Å². The third-order valence-corrected chi connectivity index (χ3v) is 6.38. The number of rotatable bonds is 7. The average Bonchev–Trinajstić information content (AvgIpc) is 3.48. The summed E-state index contributed by atoms with van der Waals surface area (Å²) in [5.74, 6) is -0.426. The molecule has 2 atom stereocenters. The standard InChI is InChI=1S/C27H24FN5OS/c28-20-11-4-5-13-22(20)32-17-8-14-23(32)26-25(21-12-6-7-16-29-21)31-27(35)33(26)18-15-24(34)30-19-9-2-1-3-10-19/h1-14,16-17,25-26H,15,18H2,(H,30,34)(H,31,35)/t25-,26+/m0/s1. The zero-order valence-corrected chi connectivity index (χ0v) is 19.7. The summed E-state index contributed by atoms with van der Waals surface area (Å²) in [6, 6.07) is 25.0. The number of thiocarbonyl (C=S) groups is 1. The van der Waals surface area contributed by atoms with Crippen molar-refractivity contribution >= 4 is 28.9 Å². The van der Waals surface area contributed by atoms with Crippen molar-refractivity contribution in [2.45, 2.75) is 18.5 Å². The lowest BCUT2D eigenvalue weighted by Crippen LogP contribution is -2.33. The zero-order valence-electron chi connectivity index (χ0n) is 18.8. The fraction of sp³-hybridized carbons (Fsp3) is 0.148. The molecule has 5 rings (SSSR count). The number of hydrogen-bond donors (Lipinski definition) is 2. The summed E-state index contributed by atoms with van der Waals surface area (Å²) in [5.41, 5.74) is 2.86. The van der Waals surface area contributed by atoms with E-state index in [2.05, 4.69) is 15.6 Å². The van der Waals surface area contributed by atoms with Crippen LogP contribution in [0.1, 0.15) is 29.9 Å². The van der Waals surface area contributed by atoms with E-state index in [9.17, 15) is 9.18 Å². The largest absolute Gasteiger partial charge is 0.352 e. The van der Waals surface area contributed by atoms with Crippen molar-refractivity contribution in [3.63, 3.8) is 0 Å². The predicted molar refractivity (Wildman–Crippen MR) is 138 cm³/mol. The van der Waals surface area contributed by atoms with Gasteiger partial charge in [0.25, 0.3) is 0 Å². The molecule has 2 aromatic heterocycles. The van der Waals surface area contributed by atoms with Gasteiger partial charge in [-0.15, -0.1) is 0 Å². The molecule has 0 unspecified atom stereocenters. The Kier molecular flexibility index (Phi) is 6.54. The van der Waals surface area contributed by atoms with E-state index in [0.717, 1.165) is 17.1 Å². The topological polar surface area (TPSA) is 62.2 Å². The van der Waals surface area contributed by atoms with Gasteiger partial charge in [-0.1, -0.05) is 36.4 Å². The minimum atomic E-state index is -0.318. The third kappa shape index (κ3) is 4.79. The van der Waals surface area contributed by atoms with E-state index in [4.69, 9.17) is 12.2 Å². The number of benzene rings is 2. The Bertz CT molecular complexity index is 1330. The molecule has 1 saturated heterocycles. The number of amides is 1. The highest BCUT2D eigenvalue weighted by Gasteiger charge is 2.41. The van der Waals surface area contributed by atoms with Crippen LogP contribution in [0.4, 0.5) is 10.1 Å². The van der Waals surface area contributed by atoms with Crippen molar-refractivity contribution < 1.29 is 9.18 Å². The highest BCUT2D eigenvalue weighted by Crippen LogP contribution is 2.39. The van der Waals surface area contributed by atoms with Crippen LogP contribution >= 0.6 is 12.2 Å². The number of para-hydroxylation sites is 2. The highest BCUT2D eigenvalue weighted by atomic mass is 32.1. The van der Waals surface area contributed by atoms with Crippen molar-refractivity contribution in [1.29, 1.82) is 0 Å². The molecular formula is C27H24FN5OS. The molecule has 8 heteroatoms. The van der Waals surface area contributed by atoms with Crippen molar-refractivity contribution in [3.8, 4) is 5.69 Å². The molecule has 3 heterocycles. The summed E-state index contributed by atoms with van der Waals surface area (Å²) in [6.45, 7) is 0.390. The van der Waals surface area contributed by atoms with Crippen molar-refractivity contribution in [2.75, 3.05) is 11.9 Å². The Morgan fingerprint density at radius 3 is 2.54 bits per heavy atom. The minimum Gasteiger partial charge on any atom is -0.352 e. The van der Waals surface area contributed by atoms with Crippen LogP contribution in [0, 0.1) is 5.82 Å². The van der Waals surface area contributed by atoms with E-state index in [1.54, 1.807) is 18.3 Å². The first-order valence-corrected chi connectivity index (χ1v) is 11.8. The molecule has 0 aliphatic carbocycles. The predicted octanol–water partition coefficient (Wildman–Crippen LogP) is 5.01. The quantitative estimate of drug-likeness (QED) is 0.360. The van der Waals surface area contributed by atoms with Crippen LogP contribution in [0.5, 0.6) is 0 Å². The van der Waals surface area contributed by atoms with Gasteiger partial charge in [-0.05, 0) is 60.7 Å². The second-order valence-corrected chi connectivity index (χ2v) is 8.63. The van der Waals surface area contributed by atoms with Crippen LogP contribution in [-0.2, 0) is 4.79 Å². The first-order chi connectivity index (χ1) is 17.1. The molecular weight excluding hydrogens is 461 g/mol. The second kappa shape index (κ2) is 10.1. The van der Waals surface area contributed by atoms with Gasteiger partial charge in [-0.25, -0.2) is 4.39 Å². The summed E-state index contributed by atoms with van der Waals surface area (Å²) in [5, 5.41) is 6.83. The lowest BCUT2D eigenvalue weighted by atomic mass is 10.0. The monoisotopic (exact) mass is 485 g/mol. The van der Waals surface area contributed by atoms with E-state index in [1.807, 2.05) is 82.4 Å². The zero-order chi connectivity index (χ0) is 24.2. The molecule has 4 aromatic rings. The Labute approximate surface area is 208 Å². The first-order valence-electron chi connectivity index (χ1n) is 11.4. The maximum Gasteiger partial charge on any atom is 0.226 e. The molecule has 1 fully saturated rings. The van der Waals surface area contributed by atoms with Gasteiger partial charge in [-0.3, -0.25) is 9.78 Å². The fourth-order valence-electron chi connectivity index (χ4n) is 4.44. The maximum absolute atomic E-state index is 14.7. The lowest BCUT2D eigenvalue weighted by molar-refractivity contribution is -0.116. The van der Waals surface area contributed by atoms with Gasteiger partial charge in [0.2, 0.25) is 5.91 Å². The van der Waals surface area contributed by atoms with Crippen LogP contribution in [0.15, 0.2) is 97.3 Å². The highest BCUT2D eigenvalue weighted by molar-refractivity contribution is 7.80. The van der Waals surface area contributed by atoms with Crippen molar-refractivity contribution in [1.82, 2.24) is 19.8 Å². The lowest BCUT2D eigenvalue weighted by Gasteiger charge is -2.29. The van der Waals surface area contributed by atoms with Gasteiger partial charge < -0.3 is 20.1 Å². The summed E-state index contributed by atoms with van der Waals surface area (Å²) < 4.78 is 16.6. The number of nitrogens with zero attached hydrogens (tertiary/aromatic N) is 3. The van der Waals surface area contributed by atoms with Crippen LogP contribution in [0.25, 0.3) is 5.69 Å². The van der Waals surface area contributed by atoms with Crippen LogP contribution < -0.4 is 10.6 Å². The number of carbonyl (C=O) groups excluding carboxylic acids is 1. The number of aromatic nitrogens is 2. The number of halogens is 1. The molecule has 1 amide bonds. The number of anilines is 1. The number of nitrogens with one attached hydrogen (secondary N) is 2. The Morgan fingerprint density at radius 2 is 1.77 bits per heavy atom. The molecule has 176 valence electrons. The van der Waals surface area contributed by atoms with E-state index in [1.165, 1.54) is 6.07 Å². The molecule has 2 aromatic carbocycles. The van der Waals surface area contributed by atoms with Gasteiger partial charge in [0.05, 0.1) is 23.5 Å². The Hall–Kier alpha value is -4.04. The average molecular weight is 486 g/mol. The summed E-state index contributed by atoms with van der Waals surface area (Å²) in [4.78, 5) is 19.2. The smallest absolute Gasteiger partial charge is 0.226 e. The molecule has 35 heavy (non-hydrogen) atoms. The van der Waals surface area contributed by atoms with Gasteiger partial charge >= 0.3 is 0 Å². The molecule has 0 radical (unpaired) electrons. The van der Waals surface area contributed by atoms with Gasteiger partial charge in [-0.2, -0.15) is 0 Å². The molecule has 6 nitrogen and oxygen atoms in total. The number of pyridine rings is 1. The van der Waals surface area contributed by atoms with Gasteiger partial charge in [0.1, 0.15) is 5.82 Å². The summed E-state index contributed by atoms with van der Waals surface area (Å²) in [7, 11) is 0. The maximum atomic E-state index is 14.7. The van der Waals surface area contributed by atoms with Crippen molar-refractivity contribution in [3.05, 3.63) is 115 Å². The summed E-state index contributed by atoms with van der Waals surface area (Å²) in [6.07, 6.45) is 3.82. The minimum absolute atomic E-state index is 0.108. The molecule has 0 saturated carbocycles. The van der Waals surface area contributed by atoms with Crippen molar-refractivity contribution in [2.24, 2.45) is 0 Å². The van der Waals surface area contributed by atoms with E-state index in [0.29, 0.717) is 17.3 Å². The summed E-state index contributed by atoms with van der Waals surface area (Å²) >= 11 is 5.71.